The number of halogens is 2. The zero-order valence-corrected chi connectivity index (χ0v) is 19.4. The molecule has 0 bridgehead atoms. The molecule has 0 atom stereocenters. The van der Waals surface area contributed by atoms with Gasteiger partial charge in [-0.2, -0.15) is 4.98 Å². The topological polar surface area (TPSA) is 65.1 Å². The molecule has 9 heteroatoms. The lowest BCUT2D eigenvalue weighted by atomic mass is 10.1. The van der Waals surface area contributed by atoms with Crippen molar-refractivity contribution < 1.29 is 4.39 Å². The Morgan fingerprint density at radius 1 is 1.09 bits per heavy atom. The van der Waals surface area contributed by atoms with Gasteiger partial charge in [0.25, 0.3) is 5.56 Å². The van der Waals surface area contributed by atoms with E-state index in [4.69, 9.17) is 16.6 Å². The van der Waals surface area contributed by atoms with Gasteiger partial charge in [0.15, 0.2) is 11.2 Å². The summed E-state index contributed by atoms with van der Waals surface area (Å²) in [5.74, 6) is 0.0617. The summed E-state index contributed by atoms with van der Waals surface area (Å²) < 4.78 is 18.6. The number of aryl methyl sites for hydroxylation is 3. The van der Waals surface area contributed by atoms with Crippen molar-refractivity contribution in [1.82, 2.24) is 18.7 Å². The lowest BCUT2D eigenvalue weighted by Gasteiger charge is -2.30. The number of hydrogen-bond acceptors (Lipinski definition) is 4. The predicted octanol–water partition coefficient (Wildman–Crippen LogP) is 3.90. The second-order valence-corrected chi connectivity index (χ2v) is 8.80. The van der Waals surface area contributed by atoms with Crippen molar-refractivity contribution >= 4 is 34.4 Å². The zero-order valence-electron chi connectivity index (χ0n) is 18.6. The number of aromatic nitrogens is 4. The van der Waals surface area contributed by atoms with Gasteiger partial charge in [0.05, 0.1) is 6.54 Å². The van der Waals surface area contributed by atoms with E-state index in [1.54, 1.807) is 7.05 Å². The van der Waals surface area contributed by atoms with Crippen LogP contribution in [0.5, 0.6) is 0 Å². The lowest BCUT2D eigenvalue weighted by Crippen LogP contribution is -2.40. The monoisotopic (exact) mass is 467 g/mol. The molecule has 4 aromatic rings. The molecule has 5 rings (SSSR count). The Hall–Kier alpha value is -3.39. The normalized spacial score (nSPS) is 13.5. The van der Waals surface area contributed by atoms with Gasteiger partial charge in [0.1, 0.15) is 5.82 Å². The summed E-state index contributed by atoms with van der Waals surface area (Å²) in [6.45, 7) is 5.21. The van der Waals surface area contributed by atoms with Crippen LogP contribution in [0.25, 0.3) is 11.2 Å². The second kappa shape index (κ2) is 7.88. The van der Waals surface area contributed by atoms with Gasteiger partial charge in [-0.05, 0) is 49.6 Å². The van der Waals surface area contributed by atoms with Gasteiger partial charge in [-0.15, -0.1) is 0 Å². The van der Waals surface area contributed by atoms with Crippen molar-refractivity contribution in [2.24, 2.45) is 7.05 Å². The third-order valence-electron chi connectivity index (χ3n) is 6.46. The molecule has 7 nitrogen and oxygen atoms in total. The summed E-state index contributed by atoms with van der Waals surface area (Å²) in [5.41, 5.74) is 3.00. The lowest BCUT2D eigenvalue weighted by molar-refractivity contribution is 0.578. The van der Waals surface area contributed by atoms with E-state index < -0.39 is 17.1 Å². The fraction of sp³-hybridized carbons (Fsp3) is 0.292. The summed E-state index contributed by atoms with van der Waals surface area (Å²) in [6.07, 6.45) is 0.813. The minimum atomic E-state index is -0.569. The summed E-state index contributed by atoms with van der Waals surface area (Å²) in [7, 11) is 1.57. The fourth-order valence-corrected chi connectivity index (χ4v) is 4.72. The summed E-state index contributed by atoms with van der Waals surface area (Å²) in [4.78, 5) is 33.4. The van der Waals surface area contributed by atoms with E-state index in [9.17, 15) is 14.0 Å². The maximum absolute atomic E-state index is 14.4. The van der Waals surface area contributed by atoms with Gasteiger partial charge in [-0.25, -0.2) is 9.18 Å². The molecule has 0 fully saturated rings. The molecule has 0 unspecified atom stereocenters. The first-order valence-electron chi connectivity index (χ1n) is 10.8. The highest BCUT2D eigenvalue weighted by Crippen LogP contribution is 2.33. The molecule has 0 amide bonds. The van der Waals surface area contributed by atoms with E-state index in [-0.39, 0.29) is 17.1 Å². The van der Waals surface area contributed by atoms with Crippen molar-refractivity contribution in [3.63, 3.8) is 0 Å². The molecule has 2 aromatic heterocycles. The molecular weight excluding hydrogens is 445 g/mol. The molecular formula is C24H23ClFN5O2. The first-order chi connectivity index (χ1) is 15.8. The minimum Gasteiger partial charge on any atom is -0.312 e. The number of fused-ring (bicyclic) bond motifs is 3. The molecule has 0 saturated carbocycles. The molecule has 170 valence electrons. The third-order valence-corrected chi connectivity index (χ3v) is 6.82. The number of imidazole rings is 1. The summed E-state index contributed by atoms with van der Waals surface area (Å²) >= 11 is 6.16. The largest absolute Gasteiger partial charge is 0.332 e. The smallest absolute Gasteiger partial charge is 0.312 e. The predicted molar refractivity (Wildman–Crippen MR) is 127 cm³/mol. The number of benzene rings is 2. The molecule has 0 saturated heterocycles. The van der Waals surface area contributed by atoms with Crippen molar-refractivity contribution in [3.05, 3.63) is 84.8 Å². The van der Waals surface area contributed by atoms with Gasteiger partial charge in [0.2, 0.25) is 5.95 Å². The van der Waals surface area contributed by atoms with Crippen LogP contribution < -0.4 is 16.1 Å². The maximum Gasteiger partial charge on any atom is 0.332 e. The van der Waals surface area contributed by atoms with Crippen LogP contribution in [-0.4, -0.2) is 25.2 Å². The van der Waals surface area contributed by atoms with Crippen molar-refractivity contribution in [3.8, 4) is 0 Å². The van der Waals surface area contributed by atoms with Gasteiger partial charge in [-0.3, -0.25) is 13.9 Å². The fourth-order valence-electron chi connectivity index (χ4n) is 4.50. The highest BCUT2D eigenvalue weighted by Gasteiger charge is 2.28. The average Bonchev–Trinajstić information content (AvgIpc) is 3.19. The summed E-state index contributed by atoms with van der Waals surface area (Å²) in [5, 5.41) is 0.167. The SMILES string of the molecule is Cc1cccc(N2CCCn3c2nc2c3c(=O)n(Cc3c(F)cccc3Cl)c(=O)n2C)c1C. The Balaban J connectivity index is 1.74. The standard InChI is InChI=1S/C24H23ClFN5O2/c1-14-7-4-10-19(15(14)2)29-11-6-12-30-20-21(27-23(29)30)28(3)24(33)31(22(20)32)13-16-17(25)8-5-9-18(16)26/h4-5,7-10H,6,11-13H2,1-3H3. The van der Waals surface area contributed by atoms with E-state index in [1.165, 1.54) is 22.8 Å². The Morgan fingerprint density at radius 2 is 1.85 bits per heavy atom. The molecule has 33 heavy (non-hydrogen) atoms. The summed E-state index contributed by atoms with van der Waals surface area (Å²) in [6, 6.07) is 10.4. The number of rotatable bonds is 3. The average molecular weight is 468 g/mol. The number of anilines is 2. The highest BCUT2D eigenvalue weighted by molar-refractivity contribution is 6.31. The van der Waals surface area contributed by atoms with Crippen molar-refractivity contribution in [1.29, 1.82) is 0 Å². The molecule has 3 heterocycles. The second-order valence-electron chi connectivity index (χ2n) is 8.39. The van der Waals surface area contributed by atoms with E-state index in [2.05, 4.69) is 24.8 Å². The van der Waals surface area contributed by atoms with E-state index >= 15 is 0 Å². The van der Waals surface area contributed by atoms with Crippen LogP contribution >= 0.6 is 11.6 Å². The van der Waals surface area contributed by atoms with E-state index in [0.717, 1.165) is 34.3 Å². The molecule has 0 radical (unpaired) electrons. The van der Waals surface area contributed by atoms with Crippen LogP contribution in [-0.2, 0) is 20.1 Å². The molecule has 1 aliphatic heterocycles. The quantitative estimate of drug-likeness (QED) is 0.458. The van der Waals surface area contributed by atoms with E-state index in [1.807, 2.05) is 16.7 Å². The Kier molecular flexibility index (Phi) is 5.12. The molecule has 0 N–H and O–H groups in total. The molecule has 2 aromatic carbocycles. The van der Waals surface area contributed by atoms with Gasteiger partial charge < -0.3 is 9.47 Å². The first-order valence-corrected chi connectivity index (χ1v) is 11.1. The zero-order chi connectivity index (χ0) is 23.4. The van der Waals surface area contributed by atoms with E-state index in [0.29, 0.717) is 23.7 Å². The van der Waals surface area contributed by atoms with Crippen LogP contribution in [0.3, 0.4) is 0 Å². The molecule has 1 aliphatic rings. The van der Waals surface area contributed by atoms with Crippen LogP contribution in [0, 0.1) is 19.7 Å². The minimum absolute atomic E-state index is 0.105. The van der Waals surface area contributed by atoms with Crippen LogP contribution in [0.4, 0.5) is 16.0 Å². The Labute approximate surface area is 194 Å². The maximum atomic E-state index is 14.4. The van der Waals surface area contributed by atoms with Crippen LogP contribution in [0.15, 0.2) is 46.0 Å². The Bertz CT molecular complexity index is 1510. The third kappa shape index (κ3) is 3.28. The van der Waals surface area contributed by atoms with Crippen LogP contribution in [0.2, 0.25) is 5.02 Å². The highest BCUT2D eigenvalue weighted by atomic mass is 35.5. The van der Waals surface area contributed by atoms with Crippen molar-refractivity contribution in [2.45, 2.75) is 33.4 Å². The Morgan fingerprint density at radius 3 is 2.61 bits per heavy atom. The van der Waals surface area contributed by atoms with Gasteiger partial charge in [-0.1, -0.05) is 29.8 Å². The van der Waals surface area contributed by atoms with Crippen molar-refractivity contribution in [2.75, 3.05) is 11.4 Å². The number of nitrogens with zero attached hydrogens (tertiary/aromatic N) is 5. The molecule has 0 aliphatic carbocycles. The van der Waals surface area contributed by atoms with Gasteiger partial charge in [0, 0.05) is 36.4 Å². The first kappa shape index (κ1) is 21.5. The number of hydrogen-bond donors (Lipinski definition) is 0. The molecule has 0 spiro atoms. The van der Waals surface area contributed by atoms with Crippen LogP contribution in [0.1, 0.15) is 23.1 Å². The van der Waals surface area contributed by atoms with Gasteiger partial charge >= 0.3 is 5.69 Å².